The van der Waals surface area contributed by atoms with Gasteiger partial charge in [0.25, 0.3) is 0 Å². The molecule has 28 heavy (non-hydrogen) atoms. The summed E-state index contributed by atoms with van der Waals surface area (Å²) >= 11 is 0. The van der Waals surface area contributed by atoms with Crippen molar-refractivity contribution in [3.63, 3.8) is 0 Å². The van der Waals surface area contributed by atoms with Crippen LogP contribution >= 0.6 is 0 Å². The Labute approximate surface area is 161 Å². The maximum Gasteiger partial charge on any atom is 0.328 e. The van der Waals surface area contributed by atoms with Crippen molar-refractivity contribution in [3.8, 4) is 22.5 Å². The highest BCUT2D eigenvalue weighted by atomic mass is 16.1. The molecular formula is C20H21N7O. The fourth-order valence-electron chi connectivity index (χ4n) is 3.13. The van der Waals surface area contributed by atoms with Gasteiger partial charge in [0.1, 0.15) is 0 Å². The summed E-state index contributed by atoms with van der Waals surface area (Å²) in [6, 6.07) is 11.8. The number of hydrogen-bond donors (Lipinski definition) is 1. The van der Waals surface area contributed by atoms with E-state index >= 15 is 0 Å². The lowest BCUT2D eigenvalue weighted by molar-refractivity contribution is 0.592. The van der Waals surface area contributed by atoms with E-state index in [2.05, 4.69) is 32.5 Å². The maximum absolute atomic E-state index is 12.4. The van der Waals surface area contributed by atoms with Crippen LogP contribution in [0.25, 0.3) is 22.5 Å². The van der Waals surface area contributed by atoms with Gasteiger partial charge in [-0.15, -0.1) is 10.2 Å². The van der Waals surface area contributed by atoms with Crippen molar-refractivity contribution in [1.82, 2.24) is 34.7 Å². The van der Waals surface area contributed by atoms with E-state index in [1.165, 1.54) is 0 Å². The first-order valence-corrected chi connectivity index (χ1v) is 9.30. The third kappa shape index (κ3) is 3.62. The standard InChI is InChI=1S/C20H21N7O/c1-2-3-10-26-11-12-27(20(26)28)14-16-9-8-15(13-21-16)17-6-4-5-7-18(17)19-22-24-25-23-19/h4-9,11-13H,2-3,10,14H2,1H3,(H,22,23,24,25). The summed E-state index contributed by atoms with van der Waals surface area (Å²) < 4.78 is 3.43. The van der Waals surface area contributed by atoms with Crippen LogP contribution in [0, 0.1) is 0 Å². The number of aromatic amines is 1. The molecule has 0 aliphatic rings. The van der Waals surface area contributed by atoms with Crippen LogP contribution in [0.2, 0.25) is 0 Å². The number of hydrogen-bond acceptors (Lipinski definition) is 5. The Morgan fingerprint density at radius 2 is 1.86 bits per heavy atom. The van der Waals surface area contributed by atoms with Gasteiger partial charge in [0.15, 0.2) is 0 Å². The van der Waals surface area contributed by atoms with Gasteiger partial charge in [-0.05, 0) is 23.3 Å². The second-order valence-corrected chi connectivity index (χ2v) is 6.57. The minimum absolute atomic E-state index is 0.00165. The SMILES string of the molecule is CCCCn1ccn(Cc2ccc(-c3ccccc3-c3nn[nH]n3)cn2)c1=O. The molecule has 0 unspecified atom stereocenters. The molecule has 0 aliphatic heterocycles. The molecule has 142 valence electrons. The van der Waals surface area contributed by atoms with Gasteiger partial charge in [-0.1, -0.05) is 43.7 Å². The molecule has 0 radical (unpaired) electrons. The van der Waals surface area contributed by atoms with E-state index in [0.29, 0.717) is 12.4 Å². The largest absolute Gasteiger partial charge is 0.328 e. The molecule has 0 atom stereocenters. The van der Waals surface area contributed by atoms with Gasteiger partial charge < -0.3 is 0 Å². The van der Waals surface area contributed by atoms with Crippen LogP contribution in [-0.2, 0) is 13.1 Å². The number of pyridine rings is 1. The Hall–Kier alpha value is -3.55. The lowest BCUT2D eigenvalue weighted by Gasteiger charge is -2.08. The van der Waals surface area contributed by atoms with E-state index < -0.39 is 0 Å². The van der Waals surface area contributed by atoms with Crippen molar-refractivity contribution in [1.29, 1.82) is 0 Å². The normalized spacial score (nSPS) is 11.0. The van der Waals surface area contributed by atoms with Crippen LogP contribution in [0.3, 0.4) is 0 Å². The highest BCUT2D eigenvalue weighted by molar-refractivity contribution is 5.79. The lowest BCUT2D eigenvalue weighted by atomic mass is 10.0. The molecule has 8 heteroatoms. The number of H-pyrrole nitrogens is 1. The van der Waals surface area contributed by atoms with Gasteiger partial charge in [-0.25, -0.2) is 4.79 Å². The minimum atomic E-state index is 0.00165. The first-order valence-electron chi connectivity index (χ1n) is 9.30. The molecule has 3 aromatic heterocycles. The zero-order valence-corrected chi connectivity index (χ0v) is 15.6. The van der Waals surface area contributed by atoms with Gasteiger partial charge >= 0.3 is 5.69 Å². The summed E-state index contributed by atoms with van der Waals surface area (Å²) in [6.07, 6.45) is 7.53. The number of tetrazole rings is 1. The maximum atomic E-state index is 12.4. The average Bonchev–Trinajstić information content (AvgIpc) is 3.38. The van der Waals surface area contributed by atoms with Crippen LogP contribution in [-0.4, -0.2) is 34.7 Å². The Kier molecular flexibility index (Phi) is 5.09. The second kappa shape index (κ2) is 7.99. The second-order valence-electron chi connectivity index (χ2n) is 6.57. The molecule has 0 aliphatic carbocycles. The fraction of sp³-hybridized carbons (Fsp3) is 0.250. The molecule has 3 heterocycles. The predicted molar refractivity (Wildman–Crippen MR) is 106 cm³/mol. The number of rotatable bonds is 7. The number of nitrogens with zero attached hydrogens (tertiary/aromatic N) is 6. The van der Waals surface area contributed by atoms with Crippen molar-refractivity contribution in [2.75, 3.05) is 0 Å². The van der Waals surface area contributed by atoms with E-state index in [1.807, 2.05) is 55.0 Å². The zero-order valence-electron chi connectivity index (χ0n) is 15.6. The third-order valence-electron chi connectivity index (χ3n) is 4.65. The van der Waals surface area contributed by atoms with E-state index in [1.54, 1.807) is 9.13 Å². The number of aryl methyl sites for hydroxylation is 1. The van der Waals surface area contributed by atoms with E-state index in [-0.39, 0.29) is 5.69 Å². The van der Waals surface area contributed by atoms with Crippen LogP contribution in [0.15, 0.2) is 59.8 Å². The Morgan fingerprint density at radius 3 is 2.57 bits per heavy atom. The van der Waals surface area contributed by atoms with Gasteiger partial charge in [0.05, 0.1) is 12.2 Å². The van der Waals surface area contributed by atoms with E-state index in [0.717, 1.165) is 41.8 Å². The summed E-state index contributed by atoms with van der Waals surface area (Å²) in [5.74, 6) is 0.541. The van der Waals surface area contributed by atoms with Crippen molar-refractivity contribution in [2.24, 2.45) is 0 Å². The van der Waals surface area contributed by atoms with E-state index in [9.17, 15) is 4.79 Å². The zero-order chi connectivity index (χ0) is 19.3. The smallest absolute Gasteiger partial charge is 0.299 e. The van der Waals surface area contributed by atoms with Crippen LogP contribution in [0.4, 0.5) is 0 Å². The van der Waals surface area contributed by atoms with Crippen LogP contribution < -0.4 is 5.69 Å². The number of unbranched alkanes of at least 4 members (excludes halogenated alkanes) is 1. The summed E-state index contributed by atoms with van der Waals surface area (Å²) in [6.45, 7) is 3.32. The summed E-state index contributed by atoms with van der Waals surface area (Å²) in [7, 11) is 0. The molecule has 1 N–H and O–H groups in total. The summed E-state index contributed by atoms with van der Waals surface area (Å²) in [4.78, 5) is 17.0. The number of aromatic nitrogens is 7. The van der Waals surface area contributed by atoms with Gasteiger partial charge in [-0.3, -0.25) is 14.1 Å². The predicted octanol–water partition coefficient (Wildman–Crippen LogP) is 2.74. The molecule has 4 rings (SSSR count). The van der Waals surface area contributed by atoms with Crippen LogP contribution in [0.5, 0.6) is 0 Å². The van der Waals surface area contributed by atoms with Crippen molar-refractivity contribution < 1.29 is 0 Å². The van der Waals surface area contributed by atoms with Crippen molar-refractivity contribution in [3.05, 3.63) is 71.2 Å². The highest BCUT2D eigenvalue weighted by Crippen LogP contribution is 2.29. The van der Waals surface area contributed by atoms with Crippen molar-refractivity contribution >= 4 is 0 Å². The molecule has 0 bridgehead atoms. The molecule has 0 fully saturated rings. The molecule has 0 amide bonds. The Morgan fingerprint density at radius 1 is 1.04 bits per heavy atom. The summed E-state index contributed by atoms with van der Waals surface area (Å²) in [5, 5.41) is 14.3. The molecule has 4 aromatic rings. The minimum Gasteiger partial charge on any atom is -0.299 e. The first-order chi connectivity index (χ1) is 13.8. The Bertz CT molecular complexity index is 1090. The lowest BCUT2D eigenvalue weighted by Crippen LogP contribution is -2.24. The molecular weight excluding hydrogens is 354 g/mol. The quantitative estimate of drug-likeness (QED) is 0.536. The van der Waals surface area contributed by atoms with Crippen molar-refractivity contribution in [2.45, 2.75) is 32.9 Å². The van der Waals surface area contributed by atoms with E-state index in [4.69, 9.17) is 0 Å². The molecule has 8 nitrogen and oxygen atoms in total. The summed E-state index contributed by atoms with van der Waals surface area (Å²) in [5.41, 5.74) is 3.65. The molecule has 0 saturated carbocycles. The van der Waals surface area contributed by atoms with Crippen LogP contribution in [0.1, 0.15) is 25.5 Å². The Balaban J connectivity index is 1.56. The average molecular weight is 375 g/mol. The number of nitrogens with one attached hydrogen (secondary N) is 1. The first kappa shape index (κ1) is 17.8. The third-order valence-corrected chi connectivity index (χ3v) is 4.65. The number of imidazole rings is 1. The van der Waals surface area contributed by atoms with Gasteiger partial charge in [-0.2, -0.15) is 5.21 Å². The topological polar surface area (TPSA) is 94.3 Å². The fourth-order valence-corrected chi connectivity index (χ4v) is 3.13. The molecule has 1 aromatic carbocycles. The van der Waals surface area contributed by atoms with Gasteiger partial charge in [0, 0.05) is 36.3 Å². The molecule has 0 spiro atoms. The van der Waals surface area contributed by atoms with Gasteiger partial charge in [0.2, 0.25) is 5.82 Å². The monoisotopic (exact) mass is 375 g/mol. The highest BCUT2D eigenvalue weighted by Gasteiger charge is 2.11. The number of benzene rings is 1. The molecule has 0 saturated heterocycles.